The molecule has 2 saturated heterocycles. The number of carbonyl (C=O) groups is 14. The molecule has 32 nitrogen and oxygen atoms in total. The molecule has 3 rings (SSSR count). The van der Waals surface area contributed by atoms with E-state index in [1.807, 2.05) is 0 Å². The number of aliphatic carboxylic acids is 4. The maximum atomic E-state index is 14.4. The van der Waals surface area contributed by atoms with Gasteiger partial charge in [-0.05, 0) is 77.7 Å². The van der Waals surface area contributed by atoms with E-state index in [9.17, 15) is 92.7 Å². The Morgan fingerprint density at radius 2 is 0.941 bits per heavy atom. The Hall–Kier alpha value is -8.36. The van der Waals surface area contributed by atoms with Crippen molar-refractivity contribution >= 4 is 82.9 Å². The van der Waals surface area contributed by atoms with Crippen molar-refractivity contribution in [1.29, 1.82) is 0 Å². The molecule has 0 radical (unpaired) electrons. The van der Waals surface area contributed by atoms with Crippen molar-refractivity contribution < 1.29 is 103 Å². The van der Waals surface area contributed by atoms with Crippen LogP contribution in [0.4, 0.5) is 0 Å². The van der Waals surface area contributed by atoms with Crippen LogP contribution >= 0.6 is 0 Å². The van der Waals surface area contributed by atoms with Gasteiger partial charge in [-0.25, -0.2) is 4.79 Å². The minimum Gasteiger partial charge on any atom is -0.481 e. The predicted octanol–water partition coefficient (Wildman–Crippen LogP) is -5.48. The van der Waals surface area contributed by atoms with Gasteiger partial charge in [-0.3, -0.25) is 62.3 Å². The monoisotopic (exact) mass is 1210 g/mol. The number of nitrogens with two attached hydrogens (primary N) is 1. The van der Waals surface area contributed by atoms with Gasteiger partial charge in [0, 0.05) is 25.9 Å². The van der Waals surface area contributed by atoms with Crippen LogP contribution in [0.1, 0.15) is 105 Å². The molecular weight excluding hydrogens is 1130 g/mol. The Bertz CT molecular complexity index is 2600. The third-order valence-electron chi connectivity index (χ3n) is 13.8. The van der Waals surface area contributed by atoms with Crippen LogP contribution in [0.3, 0.4) is 0 Å². The lowest BCUT2D eigenvalue weighted by molar-refractivity contribution is -0.145. The van der Waals surface area contributed by atoms with Gasteiger partial charge in [0.15, 0.2) is 0 Å². The van der Waals surface area contributed by atoms with Crippen molar-refractivity contribution in [1.82, 2.24) is 52.3 Å². The number of carbonyl (C=O) groups excluding carboxylic acids is 10. The molecule has 14 atom stereocenters. The fourth-order valence-corrected chi connectivity index (χ4v) is 9.37. The molecule has 1 aromatic rings. The van der Waals surface area contributed by atoms with Crippen LogP contribution in [0.5, 0.6) is 0 Å². The Morgan fingerprint density at radius 1 is 0.506 bits per heavy atom. The summed E-state index contributed by atoms with van der Waals surface area (Å²) in [6.45, 7) is 7.83. The second kappa shape index (κ2) is 33.2. The van der Waals surface area contributed by atoms with Gasteiger partial charge in [-0.2, -0.15) is 0 Å². The van der Waals surface area contributed by atoms with E-state index in [4.69, 9.17) is 15.9 Å². The van der Waals surface area contributed by atoms with Crippen LogP contribution in [-0.4, -0.2) is 226 Å². The lowest BCUT2D eigenvalue weighted by Crippen LogP contribution is -2.62. The van der Waals surface area contributed by atoms with Crippen LogP contribution in [0, 0.1) is 5.92 Å². The zero-order valence-corrected chi connectivity index (χ0v) is 47.9. The molecule has 17 N–H and O–H groups in total. The quantitative estimate of drug-likeness (QED) is 0.0312. The van der Waals surface area contributed by atoms with Gasteiger partial charge < -0.3 is 93.8 Å². The van der Waals surface area contributed by atoms with E-state index < -0.39 is 193 Å². The maximum Gasteiger partial charge on any atom is 0.326 e. The summed E-state index contributed by atoms with van der Waals surface area (Å²) >= 11 is 0. The van der Waals surface area contributed by atoms with Gasteiger partial charge >= 0.3 is 23.9 Å². The molecule has 32 heteroatoms. The van der Waals surface area contributed by atoms with Crippen molar-refractivity contribution in [3.63, 3.8) is 0 Å². The predicted molar refractivity (Wildman–Crippen MR) is 292 cm³/mol. The van der Waals surface area contributed by atoms with E-state index in [0.29, 0.717) is 5.56 Å². The highest BCUT2D eigenvalue weighted by Gasteiger charge is 2.43. The number of hydrogen-bond donors (Lipinski definition) is 16. The average Bonchev–Trinajstić information content (AvgIpc) is 3.69. The number of carboxylic acids is 4. The summed E-state index contributed by atoms with van der Waals surface area (Å²) in [5.74, 6) is -16.6. The normalized spacial score (nSPS) is 19.0. The fourth-order valence-electron chi connectivity index (χ4n) is 9.37. The Morgan fingerprint density at radius 3 is 1.40 bits per heavy atom. The third-order valence-corrected chi connectivity index (χ3v) is 13.8. The Kier molecular flexibility index (Phi) is 27.7. The van der Waals surface area contributed by atoms with Gasteiger partial charge in [0.1, 0.15) is 60.4 Å². The summed E-state index contributed by atoms with van der Waals surface area (Å²) in [5, 5.41) is 87.4. The van der Waals surface area contributed by atoms with Crippen LogP contribution in [0.15, 0.2) is 30.3 Å². The second-order valence-corrected chi connectivity index (χ2v) is 21.4. The number of benzene rings is 1. The molecule has 85 heavy (non-hydrogen) atoms. The third kappa shape index (κ3) is 22.0. The number of aliphatic hydroxyl groups excluding tert-OH is 3. The molecule has 10 amide bonds. The molecule has 0 spiro atoms. The molecular formula is C53H79N11O21. The first-order valence-corrected chi connectivity index (χ1v) is 27.5. The summed E-state index contributed by atoms with van der Waals surface area (Å²) in [5.41, 5.74) is 6.18. The van der Waals surface area contributed by atoms with Crippen LogP contribution in [0.2, 0.25) is 0 Å². The van der Waals surface area contributed by atoms with Crippen molar-refractivity contribution in [3.05, 3.63) is 35.9 Å². The number of carboxylic acid groups (broad SMARTS) is 4. The first-order valence-electron chi connectivity index (χ1n) is 27.5. The van der Waals surface area contributed by atoms with Crippen molar-refractivity contribution in [3.8, 4) is 0 Å². The van der Waals surface area contributed by atoms with E-state index in [-0.39, 0.29) is 57.5 Å². The highest BCUT2D eigenvalue weighted by atomic mass is 16.4. The standard InChI is InChI=1S/C53H79N11O21/c1-24(2)20-33(51(82)63-18-10-14-35(63)46(77)55-25(3)43(74)60-40(26(4)65)48(79)56-31(53(84)85)16-17-37(68)69)58-45(76)32(23-39(72)73)57-49(80)42(28(6)67)62-47(78)36-15-11-19-64(36)52(83)34(21-29-12-8-7-9-13-29)59-50(81)41(27(5)66)61-44(75)30(54)22-38(70)71/h7-9,12-13,24-28,30-36,40-42,65-67H,10-11,14-23,54H2,1-6H3,(H,55,77)(H,56,79)(H,57,80)(H,58,76)(H,59,81)(H,60,74)(H,61,75)(H,62,78)(H,68,69)(H,70,71)(H,72,73)(H,84,85)/t25-,26+,27+,28+,30-,31-,32-,33-,34-,35-,36-,40-,41-,42-/m0/s1. The Balaban J connectivity index is 1.79. The van der Waals surface area contributed by atoms with Crippen molar-refractivity contribution in [2.75, 3.05) is 13.1 Å². The molecule has 0 aliphatic carbocycles. The molecule has 0 aromatic heterocycles. The first kappa shape index (κ1) is 70.9. The van der Waals surface area contributed by atoms with E-state index in [0.717, 1.165) is 30.6 Å². The number of amides is 10. The van der Waals surface area contributed by atoms with Gasteiger partial charge in [0.25, 0.3) is 0 Å². The molecule has 0 unspecified atom stereocenters. The molecule has 2 fully saturated rings. The van der Waals surface area contributed by atoms with Crippen LogP contribution in [-0.2, 0) is 73.5 Å². The highest BCUT2D eigenvalue weighted by Crippen LogP contribution is 2.23. The maximum absolute atomic E-state index is 14.4. The minimum absolute atomic E-state index is 0.00293. The van der Waals surface area contributed by atoms with E-state index in [2.05, 4.69) is 42.5 Å². The molecule has 0 saturated carbocycles. The number of likely N-dealkylation sites (tertiary alicyclic amines) is 2. The summed E-state index contributed by atoms with van der Waals surface area (Å²) < 4.78 is 0. The highest BCUT2D eigenvalue weighted by molar-refractivity contribution is 6.00. The first-order chi connectivity index (χ1) is 39.7. The lowest BCUT2D eigenvalue weighted by Gasteiger charge is -2.32. The lowest BCUT2D eigenvalue weighted by atomic mass is 10.0. The molecule has 2 aliphatic rings. The molecule has 2 heterocycles. The second-order valence-electron chi connectivity index (χ2n) is 21.4. The fraction of sp³-hybridized carbons (Fsp3) is 0.623. The summed E-state index contributed by atoms with van der Waals surface area (Å²) in [7, 11) is 0. The van der Waals surface area contributed by atoms with Crippen LogP contribution in [0.25, 0.3) is 0 Å². The topological polar surface area (TPSA) is 509 Å². The smallest absolute Gasteiger partial charge is 0.326 e. The van der Waals surface area contributed by atoms with E-state index in [1.54, 1.807) is 44.2 Å². The summed E-state index contributed by atoms with van der Waals surface area (Å²) in [4.78, 5) is 185. The van der Waals surface area contributed by atoms with Crippen LogP contribution < -0.4 is 48.3 Å². The van der Waals surface area contributed by atoms with Crippen molar-refractivity contribution in [2.45, 2.75) is 191 Å². The molecule has 472 valence electrons. The zero-order chi connectivity index (χ0) is 64.2. The number of nitrogens with zero attached hydrogens (tertiary/aromatic N) is 2. The van der Waals surface area contributed by atoms with Gasteiger partial charge in [0.2, 0.25) is 59.1 Å². The summed E-state index contributed by atoms with van der Waals surface area (Å²) in [6.07, 6.45) is -7.74. The largest absolute Gasteiger partial charge is 0.481 e. The van der Waals surface area contributed by atoms with E-state index in [1.165, 1.54) is 6.92 Å². The number of aliphatic hydroxyl groups is 3. The molecule has 2 aliphatic heterocycles. The Labute approximate surface area is 488 Å². The number of rotatable bonds is 33. The average molecular weight is 1210 g/mol. The molecule has 1 aromatic carbocycles. The van der Waals surface area contributed by atoms with Gasteiger partial charge in [-0.15, -0.1) is 0 Å². The van der Waals surface area contributed by atoms with E-state index >= 15 is 0 Å². The molecule has 0 bridgehead atoms. The zero-order valence-electron chi connectivity index (χ0n) is 47.9. The summed E-state index contributed by atoms with van der Waals surface area (Å²) in [6, 6.07) is -9.40. The van der Waals surface area contributed by atoms with Crippen molar-refractivity contribution in [2.24, 2.45) is 11.7 Å². The minimum atomic E-state index is -1.97. The SMILES string of the molecule is CC(C)C[C@H](NC(=O)[C@H](CC(=O)O)NC(=O)[C@@H](NC(=O)[C@@H]1CCCN1C(=O)[C@H](Cc1ccccc1)NC(=O)[C@@H](NC(=O)[C@@H](N)CC(=O)O)[C@@H](C)O)[C@@H](C)O)C(=O)N1CCC[C@H]1C(=O)N[C@@H](C)C(=O)N[C@H](C(=O)N[C@@H](CCC(=O)O)C(=O)O)[C@@H](C)O. The number of hydrogen-bond acceptors (Lipinski definition) is 18. The van der Waals surface area contributed by atoms with Gasteiger partial charge in [0.05, 0.1) is 37.2 Å². The number of nitrogens with one attached hydrogen (secondary N) is 8. The van der Waals surface area contributed by atoms with Gasteiger partial charge in [-0.1, -0.05) is 44.2 Å².